The van der Waals surface area contributed by atoms with Gasteiger partial charge in [0.25, 0.3) is 0 Å². The van der Waals surface area contributed by atoms with Gasteiger partial charge in [-0.1, -0.05) is 48.5 Å². The van der Waals surface area contributed by atoms with Gasteiger partial charge in [-0.15, -0.1) is 11.8 Å². The largest absolute Gasteiger partial charge is 0.507 e. The van der Waals surface area contributed by atoms with Crippen LogP contribution in [0.2, 0.25) is 0 Å². The summed E-state index contributed by atoms with van der Waals surface area (Å²) >= 11 is 1.73. The Labute approximate surface area is 203 Å². The third-order valence-electron chi connectivity index (χ3n) is 6.06. The van der Waals surface area contributed by atoms with Crippen molar-refractivity contribution in [2.45, 2.75) is 16.6 Å². The first kappa shape index (κ1) is 22.2. The van der Waals surface area contributed by atoms with Crippen LogP contribution in [0.5, 0.6) is 23.0 Å². The van der Waals surface area contributed by atoms with Gasteiger partial charge in [-0.3, -0.25) is 4.99 Å². The first-order valence-corrected chi connectivity index (χ1v) is 11.9. The van der Waals surface area contributed by atoms with Gasteiger partial charge in [-0.2, -0.15) is 0 Å². The predicted molar refractivity (Wildman–Crippen MR) is 138 cm³/mol. The summed E-state index contributed by atoms with van der Waals surface area (Å²) in [5, 5.41) is 13.0. The Morgan fingerprint density at radius 3 is 2.38 bits per heavy atom. The summed E-state index contributed by atoms with van der Waals surface area (Å²) in [6, 6.07) is 23.8. The number of fused-ring (bicyclic) bond motifs is 2. The number of aromatic hydroxyl groups is 1. The fraction of sp³-hybridized carbons (Fsp3) is 0.179. The van der Waals surface area contributed by atoms with Gasteiger partial charge < -0.3 is 19.3 Å². The average molecular weight is 472 g/mol. The lowest BCUT2D eigenvalue weighted by Gasteiger charge is -2.22. The highest BCUT2D eigenvalue weighted by atomic mass is 32.2. The average Bonchev–Trinajstić information content (AvgIpc) is 3.07. The molecule has 0 fully saturated rings. The quantitative estimate of drug-likeness (QED) is 0.342. The first-order chi connectivity index (χ1) is 16.6. The SMILES string of the molecule is COc1ccc(C2CC(c3ccc4ccccc4c3O)=Nc3ccccc3S2)c(OC)c1OC. The zero-order valence-corrected chi connectivity index (χ0v) is 20.1. The topological polar surface area (TPSA) is 60.3 Å². The van der Waals surface area contributed by atoms with Crippen LogP contribution in [-0.2, 0) is 0 Å². The van der Waals surface area contributed by atoms with Gasteiger partial charge in [-0.05, 0) is 29.7 Å². The number of hydrogen-bond donors (Lipinski definition) is 1. The van der Waals surface area contributed by atoms with E-state index in [1.807, 2.05) is 66.7 Å². The van der Waals surface area contributed by atoms with Crippen LogP contribution in [-0.4, -0.2) is 32.1 Å². The summed E-state index contributed by atoms with van der Waals surface area (Å²) in [5.74, 6) is 2.07. The molecule has 0 spiro atoms. The highest BCUT2D eigenvalue weighted by Crippen LogP contribution is 2.51. The van der Waals surface area contributed by atoms with Gasteiger partial charge in [0.15, 0.2) is 11.5 Å². The number of phenols is 1. The molecule has 0 radical (unpaired) electrons. The normalized spacial score (nSPS) is 15.3. The zero-order valence-electron chi connectivity index (χ0n) is 19.2. The lowest BCUT2D eigenvalue weighted by molar-refractivity contribution is 0.322. The van der Waals surface area contributed by atoms with Crippen molar-refractivity contribution in [3.63, 3.8) is 0 Å². The van der Waals surface area contributed by atoms with Crippen molar-refractivity contribution in [1.82, 2.24) is 0 Å². The van der Waals surface area contributed by atoms with E-state index in [2.05, 4.69) is 6.07 Å². The first-order valence-electron chi connectivity index (χ1n) is 11.0. The van der Waals surface area contributed by atoms with E-state index in [4.69, 9.17) is 19.2 Å². The Balaban J connectivity index is 1.67. The molecule has 1 heterocycles. The van der Waals surface area contributed by atoms with Crippen molar-refractivity contribution in [2.75, 3.05) is 21.3 Å². The van der Waals surface area contributed by atoms with Gasteiger partial charge in [0.2, 0.25) is 5.75 Å². The highest BCUT2D eigenvalue weighted by molar-refractivity contribution is 7.99. The Morgan fingerprint density at radius 2 is 1.59 bits per heavy atom. The van der Waals surface area contributed by atoms with Crippen LogP contribution in [0.25, 0.3) is 10.8 Å². The molecule has 34 heavy (non-hydrogen) atoms. The molecular formula is C28H25NO4S. The van der Waals surface area contributed by atoms with E-state index in [0.29, 0.717) is 23.7 Å². The lowest BCUT2D eigenvalue weighted by atomic mass is 9.97. The van der Waals surface area contributed by atoms with Crippen molar-refractivity contribution >= 4 is 33.9 Å². The van der Waals surface area contributed by atoms with Gasteiger partial charge in [0.05, 0.1) is 32.7 Å². The number of rotatable bonds is 5. The van der Waals surface area contributed by atoms with Gasteiger partial charge in [0, 0.05) is 33.1 Å². The minimum absolute atomic E-state index is 0.0250. The summed E-state index contributed by atoms with van der Waals surface area (Å²) in [5.41, 5.74) is 3.43. The molecule has 5 rings (SSSR count). The number of phenolic OH excluding ortho intramolecular Hbond substituents is 1. The van der Waals surface area contributed by atoms with Crippen molar-refractivity contribution in [3.05, 3.63) is 83.9 Å². The minimum atomic E-state index is -0.0250. The minimum Gasteiger partial charge on any atom is -0.507 e. The van der Waals surface area contributed by atoms with Crippen molar-refractivity contribution < 1.29 is 19.3 Å². The van der Waals surface area contributed by atoms with Crippen LogP contribution in [0.15, 0.2) is 82.7 Å². The van der Waals surface area contributed by atoms with E-state index in [0.717, 1.165) is 38.2 Å². The van der Waals surface area contributed by atoms with E-state index in [9.17, 15) is 5.11 Å². The third kappa shape index (κ3) is 3.84. The van der Waals surface area contributed by atoms with Crippen LogP contribution in [0.1, 0.15) is 22.8 Å². The monoisotopic (exact) mass is 471 g/mol. The number of ether oxygens (including phenoxy) is 3. The van der Waals surface area contributed by atoms with Crippen molar-refractivity contribution in [2.24, 2.45) is 4.99 Å². The number of nitrogens with zero attached hydrogens (tertiary/aromatic N) is 1. The second-order valence-electron chi connectivity index (χ2n) is 7.94. The summed E-state index contributed by atoms with van der Waals surface area (Å²) in [7, 11) is 4.86. The fourth-order valence-corrected chi connectivity index (χ4v) is 5.67. The van der Waals surface area contributed by atoms with Crippen LogP contribution < -0.4 is 14.2 Å². The molecule has 6 heteroatoms. The molecule has 0 aliphatic carbocycles. The summed E-state index contributed by atoms with van der Waals surface area (Å²) in [6.45, 7) is 0. The Morgan fingerprint density at radius 1 is 0.824 bits per heavy atom. The Kier molecular flexibility index (Phi) is 6.07. The molecule has 0 saturated carbocycles. The molecule has 0 saturated heterocycles. The fourth-order valence-electron chi connectivity index (χ4n) is 4.42. The Hall–Kier alpha value is -3.64. The molecule has 0 aromatic heterocycles. The second kappa shape index (κ2) is 9.31. The van der Waals surface area contributed by atoms with Crippen molar-refractivity contribution in [3.8, 4) is 23.0 Å². The summed E-state index contributed by atoms with van der Waals surface area (Å²) in [6.07, 6.45) is 0.594. The lowest BCUT2D eigenvalue weighted by Crippen LogP contribution is -2.08. The molecule has 4 aromatic rings. The third-order valence-corrected chi connectivity index (χ3v) is 7.37. The maximum absolute atomic E-state index is 11.2. The number of para-hydroxylation sites is 1. The van der Waals surface area contributed by atoms with Crippen LogP contribution in [0.3, 0.4) is 0 Å². The summed E-state index contributed by atoms with van der Waals surface area (Å²) < 4.78 is 16.9. The van der Waals surface area contributed by atoms with Gasteiger partial charge >= 0.3 is 0 Å². The molecule has 0 amide bonds. The van der Waals surface area contributed by atoms with E-state index < -0.39 is 0 Å². The van der Waals surface area contributed by atoms with E-state index in [1.54, 1.807) is 33.1 Å². The second-order valence-corrected chi connectivity index (χ2v) is 9.19. The number of benzene rings is 4. The molecule has 0 bridgehead atoms. The predicted octanol–water partition coefficient (Wildman–Crippen LogP) is 6.93. The summed E-state index contributed by atoms with van der Waals surface area (Å²) in [4.78, 5) is 6.09. The molecule has 1 aliphatic heterocycles. The molecule has 172 valence electrons. The van der Waals surface area contributed by atoms with Crippen LogP contribution >= 0.6 is 11.8 Å². The van der Waals surface area contributed by atoms with Crippen LogP contribution in [0.4, 0.5) is 5.69 Å². The molecule has 1 N–H and O–H groups in total. The zero-order chi connectivity index (χ0) is 23.7. The van der Waals surface area contributed by atoms with Gasteiger partial charge in [0.1, 0.15) is 5.75 Å². The molecule has 1 atom stereocenters. The van der Waals surface area contributed by atoms with E-state index in [1.165, 1.54) is 0 Å². The highest BCUT2D eigenvalue weighted by Gasteiger charge is 2.28. The number of methoxy groups -OCH3 is 3. The van der Waals surface area contributed by atoms with Gasteiger partial charge in [-0.25, -0.2) is 0 Å². The molecular weight excluding hydrogens is 446 g/mol. The number of hydrogen-bond acceptors (Lipinski definition) is 6. The van der Waals surface area contributed by atoms with E-state index >= 15 is 0 Å². The molecule has 1 aliphatic rings. The molecule has 4 aromatic carbocycles. The van der Waals surface area contributed by atoms with Crippen LogP contribution in [0, 0.1) is 0 Å². The number of thioether (sulfide) groups is 1. The van der Waals surface area contributed by atoms with E-state index in [-0.39, 0.29) is 11.0 Å². The maximum Gasteiger partial charge on any atom is 0.203 e. The Bertz CT molecular complexity index is 1400. The molecule has 1 unspecified atom stereocenters. The molecule has 5 nitrogen and oxygen atoms in total. The maximum atomic E-state index is 11.2. The van der Waals surface area contributed by atoms with Crippen molar-refractivity contribution in [1.29, 1.82) is 0 Å². The standard InChI is InChI=1S/C28H25NO4S/c1-31-23-15-14-20(27(32-2)28(23)33-3)25-16-22(29-21-10-6-7-11-24(21)34-25)19-13-12-17-8-4-5-9-18(17)26(19)30/h4-15,25,30H,16H2,1-3H3. The smallest absolute Gasteiger partial charge is 0.203 e. The number of aliphatic imine (C=N–C) groups is 1.